The normalized spacial score (nSPS) is 16.6. The number of rotatable bonds is 12. The molecule has 3 aliphatic rings. The van der Waals surface area contributed by atoms with Crippen LogP contribution in [0, 0.1) is 0 Å². The lowest BCUT2D eigenvalue weighted by molar-refractivity contribution is 0.346. The molecule has 3 aliphatic carbocycles. The van der Waals surface area contributed by atoms with E-state index in [2.05, 4.69) is 220 Å². The van der Waals surface area contributed by atoms with Crippen LogP contribution in [-0.4, -0.2) is 15.7 Å². The topological polar surface area (TPSA) is 38.1 Å². The third kappa shape index (κ3) is 9.84. The summed E-state index contributed by atoms with van der Waals surface area (Å²) in [5, 5.41) is 0. The van der Waals surface area contributed by atoms with Crippen LogP contribution < -0.4 is 0 Å². The Kier molecular flexibility index (Phi) is 13.1. The zero-order chi connectivity index (χ0) is 45.4. The summed E-state index contributed by atoms with van der Waals surface area (Å²) in [5.41, 5.74) is 18.7. The van der Waals surface area contributed by atoms with Gasteiger partial charge in [-0.25, -0.2) is 9.97 Å². The van der Waals surface area contributed by atoms with E-state index in [9.17, 15) is 0 Å². The predicted octanol–water partition coefficient (Wildman–Crippen LogP) is 16.8. The van der Waals surface area contributed by atoms with E-state index in [0.717, 1.165) is 83.7 Å². The lowest BCUT2D eigenvalue weighted by Crippen LogP contribution is -2.30. The van der Waals surface area contributed by atoms with Gasteiger partial charge in [-0.15, -0.1) is 0 Å². The summed E-state index contributed by atoms with van der Waals surface area (Å²) in [7, 11) is 0. The molecule has 0 saturated heterocycles. The van der Waals surface area contributed by atoms with Crippen LogP contribution in [0.25, 0.3) is 50.5 Å². The molecule has 1 heterocycles. The molecule has 0 spiro atoms. The van der Waals surface area contributed by atoms with E-state index >= 15 is 0 Å². The Bertz CT molecular complexity index is 3030. The molecule has 3 nitrogen and oxygen atoms in total. The van der Waals surface area contributed by atoms with Crippen LogP contribution in [0.3, 0.4) is 0 Å². The van der Waals surface area contributed by atoms with Crippen molar-refractivity contribution in [3.05, 3.63) is 245 Å². The third-order valence-corrected chi connectivity index (χ3v) is 14.1. The van der Waals surface area contributed by atoms with Gasteiger partial charge in [0.2, 0.25) is 0 Å². The maximum absolute atomic E-state index is 5.43. The van der Waals surface area contributed by atoms with Gasteiger partial charge in [-0.1, -0.05) is 201 Å². The van der Waals surface area contributed by atoms with Crippen LogP contribution >= 0.6 is 0 Å². The highest BCUT2D eigenvalue weighted by Crippen LogP contribution is 2.46. The molecule has 0 amide bonds. The van der Waals surface area contributed by atoms with Gasteiger partial charge in [-0.3, -0.25) is 4.99 Å². The van der Waals surface area contributed by atoms with E-state index in [1.54, 1.807) is 0 Å². The van der Waals surface area contributed by atoms with Crippen LogP contribution in [0.1, 0.15) is 117 Å². The van der Waals surface area contributed by atoms with Crippen LogP contribution in [0.2, 0.25) is 0 Å². The maximum atomic E-state index is 5.43. The summed E-state index contributed by atoms with van der Waals surface area (Å²) in [4.78, 5) is 15.9. The summed E-state index contributed by atoms with van der Waals surface area (Å²) >= 11 is 0. The molecule has 0 radical (unpaired) electrons. The number of hydrogen-bond acceptors (Lipinski definition) is 3. The first kappa shape index (κ1) is 43.7. The van der Waals surface area contributed by atoms with Crippen molar-refractivity contribution in [3.63, 3.8) is 0 Å². The Hall–Kier alpha value is -7.23. The molecule has 330 valence electrons. The Morgan fingerprint density at radius 1 is 0.582 bits per heavy atom. The molecular formula is C64H59N3. The number of nitrogens with zero attached hydrogens (tertiary/aromatic N) is 3. The molecule has 1 aromatic heterocycles. The second kappa shape index (κ2) is 20.1. The Balaban J connectivity index is 0.943. The molecule has 0 N–H and O–H groups in total. The Morgan fingerprint density at radius 3 is 1.99 bits per heavy atom. The van der Waals surface area contributed by atoms with Gasteiger partial charge in [0.15, 0.2) is 5.82 Å². The van der Waals surface area contributed by atoms with Crippen LogP contribution in [0.15, 0.2) is 211 Å². The molecule has 1 atom stereocenters. The fraction of sp³-hybridized carbons (Fsp3) is 0.203. The highest BCUT2D eigenvalue weighted by molar-refractivity contribution is 6.12. The number of aliphatic imine (C=N–C) groups is 1. The average molecular weight is 870 g/mol. The molecule has 6 aromatic carbocycles. The van der Waals surface area contributed by atoms with Crippen molar-refractivity contribution in [3.8, 4) is 33.8 Å². The third-order valence-electron chi connectivity index (χ3n) is 14.1. The average Bonchev–Trinajstić information content (AvgIpc) is 3.42. The van der Waals surface area contributed by atoms with E-state index in [-0.39, 0.29) is 11.5 Å². The Labute approximate surface area is 397 Å². The summed E-state index contributed by atoms with van der Waals surface area (Å²) in [6.45, 7) is 4.44. The SMILES string of the molecule is C/C(=C\C(=N/C(C)c1ccc(C2(c3ccc(-c4nc(C5=CCCC=C5)cc(-c5cccc(-c6ccccc6)c5)n4)cc3)CCCCC2)cc1)c1ccccc1)c1cccc(C2=CC=CCC2)c1. The first-order valence-electron chi connectivity index (χ1n) is 24.4. The highest BCUT2D eigenvalue weighted by Gasteiger charge is 2.36. The summed E-state index contributed by atoms with van der Waals surface area (Å²) < 4.78 is 0. The molecule has 0 aliphatic heterocycles. The van der Waals surface area contributed by atoms with Gasteiger partial charge < -0.3 is 0 Å². The van der Waals surface area contributed by atoms with Crippen molar-refractivity contribution in [2.75, 3.05) is 0 Å². The van der Waals surface area contributed by atoms with Crippen LogP contribution in [0.4, 0.5) is 0 Å². The van der Waals surface area contributed by atoms with Gasteiger partial charge in [-0.05, 0) is 138 Å². The zero-order valence-electron chi connectivity index (χ0n) is 38.9. The van der Waals surface area contributed by atoms with E-state index < -0.39 is 0 Å². The van der Waals surface area contributed by atoms with Gasteiger partial charge >= 0.3 is 0 Å². The van der Waals surface area contributed by atoms with Crippen LogP contribution in [0.5, 0.6) is 0 Å². The molecule has 0 bridgehead atoms. The second-order valence-corrected chi connectivity index (χ2v) is 18.5. The van der Waals surface area contributed by atoms with Crippen LogP contribution in [-0.2, 0) is 5.41 Å². The van der Waals surface area contributed by atoms with Crippen molar-refractivity contribution in [1.29, 1.82) is 0 Å². The van der Waals surface area contributed by atoms with Crippen molar-refractivity contribution < 1.29 is 0 Å². The van der Waals surface area contributed by atoms with Crippen molar-refractivity contribution in [2.24, 2.45) is 4.99 Å². The van der Waals surface area contributed by atoms with E-state index in [0.29, 0.717) is 0 Å². The first-order chi connectivity index (χ1) is 33.0. The van der Waals surface area contributed by atoms with Crippen molar-refractivity contribution in [1.82, 2.24) is 9.97 Å². The fourth-order valence-corrected chi connectivity index (χ4v) is 10.3. The van der Waals surface area contributed by atoms with Crippen molar-refractivity contribution >= 4 is 22.4 Å². The molecule has 1 unspecified atom stereocenters. The summed E-state index contributed by atoms with van der Waals surface area (Å²) in [6.07, 6.45) is 25.9. The number of hydrogen-bond donors (Lipinski definition) is 0. The van der Waals surface area contributed by atoms with E-state index in [4.69, 9.17) is 15.0 Å². The Morgan fingerprint density at radius 2 is 1.25 bits per heavy atom. The molecule has 67 heavy (non-hydrogen) atoms. The van der Waals surface area contributed by atoms with E-state index in [1.165, 1.54) is 69.4 Å². The molecule has 1 fully saturated rings. The lowest BCUT2D eigenvalue weighted by atomic mass is 9.65. The highest BCUT2D eigenvalue weighted by atomic mass is 14.9. The zero-order valence-corrected chi connectivity index (χ0v) is 38.9. The first-order valence-corrected chi connectivity index (χ1v) is 24.4. The fourth-order valence-electron chi connectivity index (χ4n) is 10.3. The largest absolute Gasteiger partial charge is 0.277 e. The van der Waals surface area contributed by atoms with Gasteiger partial charge in [0.1, 0.15) is 0 Å². The monoisotopic (exact) mass is 869 g/mol. The molecule has 1 saturated carbocycles. The molecular weight excluding hydrogens is 811 g/mol. The minimum atomic E-state index is -0.0567. The number of allylic oxidation sites excluding steroid dienone is 10. The van der Waals surface area contributed by atoms with Gasteiger partial charge in [-0.2, -0.15) is 0 Å². The maximum Gasteiger partial charge on any atom is 0.160 e. The van der Waals surface area contributed by atoms with Gasteiger partial charge in [0.05, 0.1) is 23.1 Å². The summed E-state index contributed by atoms with van der Waals surface area (Å²) in [6, 6.07) is 59.7. The van der Waals surface area contributed by atoms with Crippen molar-refractivity contribution in [2.45, 2.75) is 83.1 Å². The molecule has 7 aromatic rings. The molecule has 10 rings (SSSR count). The number of benzene rings is 6. The number of aromatic nitrogens is 2. The quantitative estimate of drug-likeness (QED) is 0.115. The second-order valence-electron chi connectivity index (χ2n) is 18.5. The van der Waals surface area contributed by atoms with E-state index in [1.807, 2.05) is 0 Å². The van der Waals surface area contributed by atoms with Gasteiger partial charge in [0, 0.05) is 16.5 Å². The predicted molar refractivity (Wildman–Crippen MR) is 283 cm³/mol. The lowest BCUT2D eigenvalue weighted by Gasteiger charge is -2.39. The standard InChI is InChI=1S/C64H59N3/c1-46(54-28-18-29-55(43-54)49-20-8-3-9-21-49)42-60(51-24-12-5-13-25-51)65-47(2)48-32-36-58(37-33-48)64(40-16-7-17-41-64)59-38-34-53(35-39-59)63-66-61(52-26-14-6-15-27-52)45-62(67-63)57-31-19-30-56(44-57)50-22-10-4-11-23-50/h3-5,8,10-14,18-20,22-39,42-45,47H,6-7,9,15-17,21,40-41H2,1-2H3/b46-42+,65-60+. The smallest absolute Gasteiger partial charge is 0.160 e. The minimum absolute atomic E-state index is 0.0262. The molecule has 3 heteroatoms. The van der Waals surface area contributed by atoms with Gasteiger partial charge in [0.25, 0.3) is 0 Å². The summed E-state index contributed by atoms with van der Waals surface area (Å²) in [5.74, 6) is 0.754. The minimum Gasteiger partial charge on any atom is -0.277 e.